The fraction of sp³-hybridized carbons (Fsp3) is 0.917. The first-order valence-corrected chi connectivity index (χ1v) is 6.06. The van der Waals surface area contributed by atoms with Crippen LogP contribution in [0.25, 0.3) is 0 Å². The van der Waals surface area contributed by atoms with Gasteiger partial charge in [-0.05, 0) is 31.6 Å². The Bertz CT molecular complexity index is 191. The SMILES string of the molecule is CCCCOC(=O)C[C@@H]1CCC[C@@H](O)C1. The molecule has 1 N–H and O–H groups in total. The summed E-state index contributed by atoms with van der Waals surface area (Å²) in [5, 5.41) is 9.45. The van der Waals surface area contributed by atoms with Gasteiger partial charge in [-0.15, -0.1) is 0 Å². The predicted molar refractivity (Wildman–Crippen MR) is 58.4 cm³/mol. The van der Waals surface area contributed by atoms with E-state index in [1.165, 1.54) is 0 Å². The Balaban J connectivity index is 2.13. The Kier molecular flexibility index (Phi) is 5.69. The number of hydrogen-bond acceptors (Lipinski definition) is 3. The third-order valence-electron chi connectivity index (χ3n) is 2.97. The molecule has 1 saturated carbocycles. The topological polar surface area (TPSA) is 46.5 Å². The second-order valence-corrected chi connectivity index (χ2v) is 4.46. The van der Waals surface area contributed by atoms with Gasteiger partial charge >= 0.3 is 5.97 Å². The third-order valence-corrected chi connectivity index (χ3v) is 2.97. The summed E-state index contributed by atoms with van der Waals surface area (Å²) in [5.41, 5.74) is 0. The quantitative estimate of drug-likeness (QED) is 0.564. The van der Waals surface area contributed by atoms with Crippen molar-refractivity contribution in [2.24, 2.45) is 5.92 Å². The normalized spacial score (nSPS) is 26.3. The van der Waals surface area contributed by atoms with Crippen LogP contribution in [0.5, 0.6) is 0 Å². The van der Waals surface area contributed by atoms with Crippen molar-refractivity contribution in [2.45, 2.75) is 58.0 Å². The number of hydrogen-bond donors (Lipinski definition) is 1. The number of aliphatic hydroxyl groups excluding tert-OH is 1. The van der Waals surface area contributed by atoms with E-state index in [1.54, 1.807) is 0 Å². The molecular formula is C12H22O3. The number of carbonyl (C=O) groups is 1. The molecule has 0 radical (unpaired) electrons. The number of carbonyl (C=O) groups excluding carboxylic acids is 1. The minimum atomic E-state index is -0.202. The van der Waals surface area contributed by atoms with Gasteiger partial charge in [-0.2, -0.15) is 0 Å². The van der Waals surface area contributed by atoms with Crippen LogP contribution in [0.1, 0.15) is 51.9 Å². The molecular weight excluding hydrogens is 192 g/mol. The highest BCUT2D eigenvalue weighted by Crippen LogP contribution is 2.26. The minimum absolute atomic E-state index is 0.0949. The Morgan fingerprint density at radius 3 is 2.93 bits per heavy atom. The maximum atomic E-state index is 11.4. The van der Waals surface area contributed by atoms with Gasteiger partial charge in [-0.1, -0.05) is 19.8 Å². The number of ether oxygens (including phenoxy) is 1. The lowest BCUT2D eigenvalue weighted by Crippen LogP contribution is -2.22. The van der Waals surface area contributed by atoms with E-state index in [0.29, 0.717) is 18.9 Å². The second-order valence-electron chi connectivity index (χ2n) is 4.46. The first-order chi connectivity index (χ1) is 7.22. The smallest absolute Gasteiger partial charge is 0.306 e. The molecule has 2 atom stereocenters. The first-order valence-electron chi connectivity index (χ1n) is 6.06. The number of aliphatic hydroxyl groups is 1. The molecule has 0 heterocycles. The molecule has 1 fully saturated rings. The highest BCUT2D eigenvalue weighted by molar-refractivity contribution is 5.69. The zero-order valence-corrected chi connectivity index (χ0v) is 9.58. The van der Waals surface area contributed by atoms with Gasteiger partial charge in [0.05, 0.1) is 12.7 Å². The van der Waals surface area contributed by atoms with Gasteiger partial charge in [0, 0.05) is 6.42 Å². The summed E-state index contributed by atoms with van der Waals surface area (Å²) in [6.45, 7) is 2.62. The molecule has 0 aromatic carbocycles. The fourth-order valence-electron chi connectivity index (χ4n) is 2.07. The van der Waals surface area contributed by atoms with Crippen molar-refractivity contribution < 1.29 is 14.6 Å². The molecule has 0 aromatic rings. The van der Waals surface area contributed by atoms with Crippen molar-refractivity contribution in [1.29, 1.82) is 0 Å². The van der Waals surface area contributed by atoms with Crippen LogP contribution in [-0.4, -0.2) is 23.8 Å². The molecule has 1 aliphatic rings. The van der Waals surface area contributed by atoms with Crippen molar-refractivity contribution in [2.75, 3.05) is 6.61 Å². The van der Waals surface area contributed by atoms with E-state index in [2.05, 4.69) is 6.92 Å². The Labute approximate surface area is 91.8 Å². The van der Waals surface area contributed by atoms with Crippen LogP contribution in [-0.2, 0) is 9.53 Å². The second kappa shape index (κ2) is 6.83. The van der Waals surface area contributed by atoms with E-state index in [9.17, 15) is 9.90 Å². The Morgan fingerprint density at radius 1 is 1.47 bits per heavy atom. The summed E-state index contributed by atoms with van der Waals surface area (Å²) >= 11 is 0. The Hall–Kier alpha value is -0.570. The van der Waals surface area contributed by atoms with Gasteiger partial charge in [-0.25, -0.2) is 0 Å². The molecule has 0 spiro atoms. The summed E-state index contributed by atoms with van der Waals surface area (Å²) in [5.74, 6) is 0.241. The maximum Gasteiger partial charge on any atom is 0.306 e. The number of esters is 1. The van der Waals surface area contributed by atoms with Crippen LogP contribution in [0.4, 0.5) is 0 Å². The molecule has 0 aliphatic heterocycles. The molecule has 0 bridgehead atoms. The molecule has 3 nitrogen and oxygen atoms in total. The molecule has 15 heavy (non-hydrogen) atoms. The maximum absolute atomic E-state index is 11.4. The van der Waals surface area contributed by atoms with E-state index in [1.807, 2.05) is 0 Å². The van der Waals surface area contributed by atoms with Gasteiger partial charge in [0.2, 0.25) is 0 Å². The molecule has 1 rings (SSSR count). The van der Waals surface area contributed by atoms with Crippen molar-refractivity contribution >= 4 is 5.97 Å². The summed E-state index contributed by atoms with van der Waals surface area (Å²) in [4.78, 5) is 11.4. The standard InChI is InChI=1S/C12H22O3/c1-2-3-7-15-12(14)9-10-5-4-6-11(13)8-10/h10-11,13H,2-9H2,1H3/t10-,11-/m1/s1. The number of unbranched alkanes of at least 4 members (excludes halogenated alkanes) is 1. The zero-order chi connectivity index (χ0) is 11.1. The largest absolute Gasteiger partial charge is 0.466 e. The average Bonchev–Trinajstić information content (AvgIpc) is 2.18. The lowest BCUT2D eigenvalue weighted by atomic mass is 9.85. The summed E-state index contributed by atoms with van der Waals surface area (Å²) in [6.07, 6.45) is 6.03. The van der Waals surface area contributed by atoms with Gasteiger partial charge in [-0.3, -0.25) is 4.79 Å². The highest BCUT2D eigenvalue weighted by Gasteiger charge is 2.22. The highest BCUT2D eigenvalue weighted by atomic mass is 16.5. The van der Waals surface area contributed by atoms with Gasteiger partial charge in [0.1, 0.15) is 0 Å². The van der Waals surface area contributed by atoms with E-state index >= 15 is 0 Å². The molecule has 0 saturated heterocycles. The van der Waals surface area contributed by atoms with Crippen molar-refractivity contribution in [3.05, 3.63) is 0 Å². The van der Waals surface area contributed by atoms with Crippen LogP contribution < -0.4 is 0 Å². The van der Waals surface area contributed by atoms with E-state index in [4.69, 9.17) is 4.74 Å². The first kappa shape index (κ1) is 12.5. The van der Waals surface area contributed by atoms with Crippen molar-refractivity contribution in [1.82, 2.24) is 0 Å². The van der Waals surface area contributed by atoms with Crippen LogP contribution in [0, 0.1) is 5.92 Å². The molecule has 3 heteroatoms. The van der Waals surface area contributed by atoms with Crippen molar-refractivity contribution in [3.8, 4) is 0 Å². The molecule has 1 aliphatic carbocycles. The fourth-order valence-corrected chi connectivity index (χ4v) is 2.07. The summed E-state index contributed by atoms with van der Waals surface area (Å²) in [7, 11) is 0. The van der Waals surface area contributed by atoms with Crippen molar-refractivity contribution in [3.63, 3.8) is 0 Å². The minimum Gasteiger partial charge on any atom is -0.466 e. The van der Waals surface area contributed by atoms with E-state index < -0.39 is 0 Å². The summed E-state index contributed by atoms with van der Waals surface area (Å²) < 4.78 is 5.10. The predicted octanol–water partition coefficient (Wildman–Crippen LogP) is 2.27. The van der Waals surface area contributed by atoms with Gasteiger partial charge < -0.3 is 9.84 Å². The molecule has 0 aromatic heterocycles. The average molecular weight is 214 g/mol. The van der Waals surface area contributed by atoms with Gasteiger partial charge in [0.25, 0.3) is 0 Å². The Morgan fingerprint density at radius 2 is 2.27 bits per heavy atom. The number of rotatable bonds is 5. The lowest BCUT2D eigenvalue weighted by molar-refractivity contribution is -0.145. The molecule has 88 valence electrons. The van der Waals surface area contributed by atoms with Crippen LogP contribution >= 0.6 is 0 Å². The monoisotopic (exact) mass is 214 g/mol. The van der Waals surface area contributed by atoms with Crippen LogP contribution in [0.15, 0.2) is 0 Å². The van der Waals surface area contributed by atoms with Gasteiger partial charge in [0.15, 0.2) is 0 Å². The third kappa shape index (κ3) is 5.17. The lowest BCUT2D eigenvalue weighted by Gasteiger charge is -2.24. The zero-order valence-electron chi connectivity index (χ0n) is 9.58. The summed E-state index contributed by atoms with van der Waals surface area (Å²) in [6, 6.07) is 0. The van der Waals surface area contributed by atoms with Crippen LogP contribution in [0.2, 0.25) is 0 Å². The van der Waals surface area contributed by atoms with E-state index in [0.717, 1.165) is 38.5 Å². The van der Waals surface area contributed by atoms with E-state index in [-0.39, 0.29) is 12.1 Å². The molecule has 0 amide bonds. The molecule has 0 unspecified atom stereocenters. The van der Waals surface area contributed by atoms with Crippen LogP contribution in [0.3, 0.4) is 0 Å².